The Bertz CT molecular complexity index is 440. The topological polar surface area (TPSA) is 86.6 Å². The molecule has 17 heavy (non-hydrogen) atoms. The Labute approximate surface area is 98.1 Å². The van der Waals surface area contributed by atoms with E-state index in [0.29, 0.717) is 0 Å². The minimum Gasteiger partial charge on any atom is -0.508 e. The van der Waals surface area contributed by atoms with E-state index in [9.17, 15) is 9.59 Å². The van der Waals surface area contributed by atoms with E-state index in [1.165, 1.54) is 0 Å². The van der Waals surface area contributed by atoms with Gasteiger partial charge in [-0.15, -0.1) is 0 Å². The lowest BCUT2D eigenvalue weighted by molar-refractivity contribution is -0.138. The molecule has 1 aliphatic rings. The number of hydrogen-bond donors (Lipinski definition) is 3. The fraction of sp³-hybridized carbons (Fsp3) is 0.333. The lowest BCUT2D eigenvalue weighted by atomic mass is 10.1. The summed E-state index contributed by atoms with van der Waals surface area (Å²) in [6, 6.07) is 6.73. The van der Waals surface area contributed by atoms with Gasteiger partial charge in [-0.25, -0.2) is 0 Å². The maximum Gasteiger partial charge on any atom is 0.322 e. The van der Waals surface area contributed by atoms with Crippen LogP contribution in [0.1, 0.15) is 17.9 Å². The Morgan fingerprint density at radius 2 is 1.94 bits per heavy atom. The van der Waals surface area contributed by atoms with Crippen LogP contribution in [0.15, 0.2) is 24.3 Å². The number of phenolic OH excluding ortho intramolecular Hbond substituents is 1. The van der Waals surface area contributed by atoms with Crippen LogP contribution in [0, 0.1) is 5.92 Å². The van der Waals surface area contributed by atoms with Gasteiger partial charge in [-0.05, 0) is 30.0 Å². The number of carboxylic acids is 1. The second kappa shape index (κ2) is 4.45. The number of carbonyl (C=O) groups excluding carboxylic acids is 1. The largest absolute Gasteiger partial charge is 0.508 e. The van der Waals surface area contributed by atoms with Gasteiger partial charge in [0.1, 0.15) is 12.3 Å². The van der Waals surface area contributed by atoms with Crippen LogP contribution in [-0.2, 0) is 9.59 Å². The van der Waals surface area contributed by atoms with Gasteiger partial charge in [0.15, 0.2) is 0 Å². The molecule has 1 aromatic carbocycles. The Hall–Kier alpha value is -2.04. The molecule has 1 aliphatic carbocycles. The van der Waals surface area contributed by atoms with Crippen LogP contribution < -0.4 is 5.32 Å². The first-order valence-electron chi connectivity index (χ1n) is 5.36. The molecule has 0 spiro atoms. The van der Waals surface area contributed by atoms with Crippen molar-refractivity contribution in [1.29, 1.82) is 0 Å². The summed E-state index contributed by atoms with van der Waals surface area (Å²) in [4.78, 5) is 21.8. The zero-order valence-corrected chi connectivity index (χ0v) is 9.09. The van der Waals surface area contributed by atoms with Crippen molar-refractivity contribution >= 4 is 11.9 Å². The predicted molar refractivity (Wildman–Crippen MR) is 59.6 cm³/mol. The summed E-state index contributed by atoms with van der Waals surface area (Å²) in [6.45, 7) is -0.336. The van der Waals surface area contributed by atoms with E-state index in [0.717, 1.165) is 12.0 Å². The predicted octanol–water partition coefficient (Wildman–Crippen LogP) is 0.696. The van der Waals surface area contributed by atoms with Crippen molar-refractivity contribution in [2.24, 2.45) is 5.92 Å². The lowest BCUT2D eigenvalue weighted by Crippen LogP contribution is -2.30. The van der Waals surface area contributed by atoms with Gasteiger partial charge in [0.2, 0.25) is 5.91 Å². The van der Waals surface area contributed by atoms with Crippen LogP contribution in [0.3, 0.4) is 0 Å². The van der Waals surface area contributed by atoms with E-state index in [4.69, 9.17) is 10.2 Å². The highest BCUT2D eigenvalue weighted by Crippen LogP contribution is 2.47. The van der Waals surface area contributed by atoms with Gasteiger partial charge < -0.3 is 15.5 Å². The van der Waals surface area contributed by atoms with Crippen LogP contribution in [0.4, 0.5) is 0 Å². The number of carboxylic acid groups (broad SMARTS) is 1. The van der Waals surface area contributed by atoms with Crippen LogP contribution in [0.2, 0.25) is 0 Å². The zero-order chi connectivity index (χ0) is 12.4. The highest BCUT2D eigenvalue weighted by atomic mass is 16.4. The lowest BCUT2D eigenvalue weighted by Gasteiger charge is -2.02. The summed E-state index contributed by atoms with van der Waals surface area (Å²) in [5.74, 6) is -1.06. The van der Waals surface area contributed by atoms with Gasteiger partial charge in [-0.2, -0.15) is 0 Å². The second-order valence-electron chi connectivity index (χ2n) is 4.15. The SMILES string of the molecule is O=C(O)CNC(=O)C1CC1c1ccc(O)cc1. The molecular weight excluding hydrogens is 222 g/mol. The first-order valence-corrected chi connectivity index (χ1v) is 5.36. The smallest absolute Gasteiger partial charge is 0.322 e. The van der Waals surface area contributed by atoms with Gasteiger partial charge in [-0.3, -0.25) is 9.59 Å². The Morgan fingerprint density at radius 3 is 2.53 bits per heavy atom. The van der Waals surface area contributed by atoms with Gasteiger partial charge >= 0.3 is 5.97 Å². The van der Waals surface area contributed by atoms with Crippen molar-refractivity contribution in [2.75, 3.05) is 6.54 Å². The molecule has 2 atom stereocenters. The number of carbonyl (C=O) groups is 2. The third-order valence-corrected chi connectivity index (χ3v) is 2.86. The Balaban J connectivity index is 1.89. The Kier molecular flexibility index (Phi) is 2.99. The number of benzene rings is 1. The molecule has 1 saturated carbocycles. The van der Waals surface area contributed by atoms with Crippen molar-refractivity contribution in [3.8, 4) is 5.75 Å². The average molecular weight is 235 g/mol. The summed E-state index contributed by atoms with van der Waals surface area (Å²) < 4.78 is 0. The van der Waals surface area contributed by atoms with Crippen molar-refractivity contribution in [3.05, 3.63) is 29.8 Å². The van der Waals surface area contributed by atoms with Gasteiger partial charge in [0.25, 0.3) is 0 Å². The third kappa shape index (κ3) is 2.75. The molecule has 0 aliphatic heterocycles. The van der Waals surface area contributed by atoms with Gasteiger partial charge in [0, 0.05) is 5.92 Å². The highest BCUT2D eigenvalue weighted by Gasteiger charge is 2.43. The van der Waals surface area contributed by atoms with Gasteiger partial charge in [0.05, 0.1) is 0 Å². The fourth-order valence-electron chi connectivity index (χ4n) is 1.87. The molecule has 0 aromatic heterocycles. The van der Waals surface area contributed by atoms with Crippen molar-refractivity contribution in [1.82, 2.24) is 5.32 Å². The van der Waals surface area contributed by atoms with Crippen molar-refractivity contribution < 1.29 is 19.8 Å². The number of phenols is 1. The average Bonchev–Trinajstić information content (AvgIpc) is 3.07. The maximum atomic E-state index is 11.5. The monoisotopic (exact) mass is 235 g/mol. The molecule has 0 saturated heterocycles. The molecule has 1 aromatic rings. The van der Waals surface area contributed by atoms with Gasteiger partial charge in [-0.1, -0.05) is 12.1 Å². The summed E-state index contributed by atoms with van der Waals surface area (Å²) in [6.07, 6.45) is 0.732. The van der Waals surface area contributed by atoms with Crippen LogP contribution >= 0.6 is 0 Å². The maximum absolute atomic E-state index is 11.5. The van der Waals surface area contributed by atoms with E-state index in [1.807, 2.05) is 0 Å². The number of nitrogens with one attached hydrogen (secondary N) is 1. The van der Waals surface area contributed by atoms with Crippen LogP contribution in [0.5, 0.6) is 5.75 Å². The van der Waals surface area contributed by atoms with Crippen LogP contribution in [-0.4, -0.2) is 28.6 Å². The highest BCUT2D eigenvalue weighted by molar-refractivity contribution is 5.85. The quantitative estimate of drug-likeness (QED) is 0.716. The molecule has 1 fully saturated rings. The van der Waals surface area contributed by atoms with Crippen molar-refractivity contribution in [3.63, 3.8) is 0 Å². The molecule has 2 unspecified atom stereocenters. The van der Waals surface area contributed by atoms with E-state index in [-0.39, 0.29) is 30.0 Å². The standard InChI is InChI=1S/C12H13NO4/c14-8-3-1-7(2-4-8)9-5-10(9)12(17)13-6-11(15)16/h1-4,9-10,14H,5-6H2,(H,13,17)(H,15,16). The first-order chi connectivity index (χ1) is 8.08. The zero-order valence-electron chi connectivity index (χ0n) is 9.09. The van der Waals surface area contributed by atoms with Crippen LogP contribution in [0.25, 0.3) is 0 Å². The second-order valence-corrected chi connectivity index (χ2v) is 4.15. The number of rotatable bonds is 4. The summed E-state index contributed by atoms with van der Waals surface area (Å²) in [5, 5.41) is 19.9. The third-order valence-electron chi connectivity index (χ3n) is 2.86. The first kappa shape index (κ1) is 11.4. The molecular formula is C12H13NO4. The number of amides is 1. The number of aromatic hydroxyl groups is 1. The van der Waals surface area contributed by atoms with E-state index in [2.05, 4.69) is 5.32 Å². The van der Waals surface area contributed by atoms with E-state index < -0.39 is 5.97 Å². The van der Waals surface area contributed by atoms with E-state index in [1.54, 1.807) is 24.3 Å². The summed E-state index contributed by atoms with van der Waals surface area (Å²) >= 11 is 0. The molecule has 0 bridgehead atoms. The summed E-state index contributed by atoms with van der Waals surface area (Å²) in [5.41, 5.74) is 0.998. The number of aliphatic carboxylic acids is 1. The molecule has 0 heterocycles. The van der Waals surface area contributed by atoms with E-state index >= 15 is 0 Å². The number of hydrogen-bond acceptors (Lipinski definition) is 3. The molecule has 5 nitrogen and oxygen atoms in total. The molecule has 1 amide bonds. The fourth-order valence-corrected chi connectivity index (χ4v) is 1.87. The molecule has 3 N–H and O–H groups in total. The normalized spacial score (nSPS) is 21.9. The molecule has 5 heteroatoms. The Morgan fingerprint density at radius 1 is 1.29 bits per heavy atom. The summed E-state index contributed by atoms with van der Waals surface area (Å²) in [7, 11) is 0. The minimum atomic E-state index is -1.04. The molecule has 0 radical (unpaired) electrons. The van der Waals surface area contributed by atoms with Crippen molar-refractivity contribution in [2.45, 2.75) is 12.3 Å². The molecule has 90 valence electrons. The minimum absolute atomic E-state index is 0.140. The molecule has 2 rings (SSSR count).